The zero-order chi connectivity index (χ0) is 12.3. The molecule has 1 aliphatic heterocycles. The highest BCUT2D eigenvalue weighted by Crippen LogP contribution is 2.34. The van der Waals surface area contributed by atoms with Crippen LogP contribution in [0.25, 0.3) is 0 Å². The van der Waals surface area contributed by atoms with Crippen molar-refractivity contribution in [1.82, 2.24) is 0 Å². The van der Waals surface area contributed by atoms with Crippen LogP contribution in [0, 0.1) is 0 Å². The van der Waals surface area contributed by atoms with E-state index in [1.54, 1.807) is 0 Å². The van der Waals surface area contributed by atoms with E-state index >= 15 is 0 Å². The molecule has 0 saturated heterocycles. The molecule has 0 saturated carbocycles. The normalized spacial score (nSPS) is 17.5. The summed E-state index contributed by atoms with van der Waals surface area (Å²) in [6.07, 6.45) is 0.905. The van der Waals surface area contributed by atoms with E-state index in [1.807, 2.05) is 31.2 Å². The maximum Gasteiger partial charge on any atom is 0.306 e. The van der Waals surface area contributed by atoms with Crippen LogP contribution in [0.2, 0.25) is 0 Å². The largest absolute Gasteiger partial charge is 0.466 e. The quantitative estimate of drug-likeness (QED) is 0.810. The molecule has 17 heavy (non-hydrogen) atoms. The van der Waals surface area contributed by atoms with Gasteiger partial charge in [-0.15, -0.1) is 0 Å². The Labute approximate surface area is 100.0 Å². The number of carbonyl (C=O) groups is 2. The topological polar surface area (TPSA) is 55.4 Å². The van der Waals surface area contributed by atoms with Gasteiger partial charge in [0, 0.05) is 5.69 Å². The third kappa shape index (κ3) is 2.46. The molecule has 1 aliphatic rings. The lowest BCUT2D eigenvalue weighted by Crippen LogP contribution is -2.17. The van der Waals surface area contributed by atoms with Gasteiger partial charge in [0.15, 0.2) is 0 Å². The minimum Gasteiger partial charge on any atom is -0.466 e. The summed E-state index contributed by atoms with van der Waals surface area (Å²) in [5.41, 5.74) is 1.68. The van der Waals surface area contributed by atoms with Crippen molar-refractivity contribution >= 4 is 17.6 Å². The smallest absolute Gasteiger partial charge is 0.306 e. The average Bonchev–Trinajstić information content (AvgIpc) is 2.64. The molecule has 1 amide bonds. The lowest BCUT2D eigenvalue weighted by molar-refractivity contribution is -0.145. The van der Waals surface area contributed by atoms with Gasteiger partial charge in [-0.2, -0.15) is 0 Å². The van der Waals surface area contributed by atoms with Gasteiger partial charge in [-0.1, -0.05) is 25.1 Å². The van der Waals surface area contributed by atoms with Crippen LogP contribution in [-0.2, 0) is 14.3 Å². The first kappa shape index (κ1) is 11.6. The van der Waals surface area contributed by atoms with E-state index < -0.39 is 5.92 Å². The van der Waals surface area contributed by atoms with Crippen LogP contribution in [0.1, 0.15) is 31.2 Å². The molecule has 0 fully saturated rings. The van der Waals surface area contributed by atoms with Gasteiger partial charge in [0.25, 0.3) is 0 Å². The highest BCUT2D eigenvalue weighted by Gasteiger charge is 2.32. The highest BCUT2D eigenvalue weighted by molar-refractivity contribution is 6.04. The van der Waals surface area contributed by atoms with Crippen molar-refractivity contribution in [2.24, 2.45) is 0 Å². The summed E-state index contributed by atoms with van der Waals surface area (Å²) in [5, 5.41) is 2.76. The van der Waals surface area contributed by atoms with Gasteiger partial charge in [-0.3, -0.25) is 9.59 Å². The van der Waals surface area contributed by atoms with E-state index in [2.05, 4.69) is 5.32 Å². The number of fused-ring (bicyclic) bond motifs is 1. The molecule has 0 aromatic heterocycles. The molecule has 1 unspecified atom stereocenters. The number of rotatable bonds is 4. The summed E-state index contributed by atoms with van der Waals surface area (Å²) < 4.78 is 5.00. The monoisotopic (exact) mass is 233 g/mol. The van der Waals surface area contributed by atoms with Crippen LogP contribution >= 0.6 is 0 Å². The number of ether oxygens (including phenoxy) is 1. The molecule has 90 valence electrons. The molecule has 0 bridgehead atoms. The molecule has 0 spiro atoms. The number of benzene rings is 1. The Hall–Kier alpha value is -1.84. The number of esters is 1. The van der Waals surface area contributed by atoms with E-state index in [4.69, 9.17) is 4.74 Å². The number of nitrogens with one attached hydrogen (secondary N) is 1. The standard InChI is InChI=1S/C13H15NO3/c1-2-7-17-12(15)8-10-9-5-3-4-6-11(9)14-13(10)16/h3-6,10H,2,7-8H2,1H3,(H,14,16). The predicted octanol–water partition coefficient (Wildman–Crippen LogP) is 2.07. The van der Waals surface area contributed by atoms with Crippen molar-refractivity contribution in [2.45, 2.75) is 25.7 Å². The number of para-hydroxylation sites is 1. The molecule has 1 heterocycles. The third-order valence-corrected chi connectivity index (χ3v) is 2.75. The molecule has 4 nitrogen and oxygen atoms in total. The maximum atomic E-state index is 11.7. The van der Waals surface area contributed by atoms with Gasteiger partial charge in [0.05, 0.1) is 18.9 Å². The maximum absolute atomic E-state index is 11.7. The minimum absolute atomic E-state index is 0.114. The summed E-state index contributed by atoms with van der Waals surface area (Å²) in [6, 6.07) is 7.43. The Kier molecular flexibility index (Phi) is 3.42. The summed E-state index contributed by atoms with van der Waals surface area (Å²) in [4.78, 5) is 23.2. The Bertz CT molecular complexity index is 442. The van der Waals surface area contributed by atoms with Gasteiger partial charge in [0.2, 0.25) is 5.91 Å². The Morgan fingerprint density at radius 3 is 2.94 bits per heavy atom. The fourth-order valence-electron chi connectivity index (χ4n) is 1.92. The number of carbonyl (C=O) groups excluding carboxylic acids is 2. The first-order chi connectivity index (χ1) is 8.22. The van der Waals surface area contributed by atoms with E-state index in [9.17, 15) is 9.59 Å². The molecule has 2 rings (SSSR count). The second kappa shape index (κ2) is 4.99. The lowest BCUT2D eigenvalue weighted by Gasteiger charge is -2.08. The lowest BCUT2D eigenvalue weighted by atomic mass is 9.97. The van der Waals surface area contributed by atoms with Crippen LogP contribution in [0.5, 0.6) is 0 Å². The van der Waals surface area contributed by atoms with Crippen molar-refractivity contribution in [3.05, 3.63) is 29.8 Å². The van der Waals surface area contributed by atoms with Crippen molar-refractivity contribution in [3.8, 4) is 0 Å². The number of hydrogen-bond donors (Lipinski definition) is 1. The summed E-state index contributed by atoms with van der Waals surface area (Å²) in [5.74, 6) is -0.848. The van der Waals surface area contributed by atoms with Gasteiger partial charge in [-0.25, -0.2) is 0 Å². The SMILES string of the molecule is CCCOC(=O)CC1C(=O)Nc2ccccc21. The number of hydrogen-bond acceptors (Lipinski definition) is 3. The van der Waals surface area contributed by atoms with E-state index in [1.165, 1.54) is 0 Å². The first-order valence-corrected chi connectivity index (χ1v) is 5.77. The Morgan fingerprint density at radius 1 is 1.41 bits per heavy atom. The highest BCUT2D eigenvalue weighted by atomic mass is 16.5. The van der Waals surface area contributed by atoms with Gasteiger partial charge in [-0.05, 0) is 18.1 Å². The summed E-state index contributed by atoms with van der Waals surface area (Å²) >= 11 is 0. The summed E-state index contributed by atoms with van der Waals surface area (Å²) in [6.45, 7) is 2.35. The van der Waals surface area contributed by atoms with Crippen LogP contribution in [0.15, 0.2) is 24.3 Å². The van der Waals surface area contributed by atoms with Crippen LogP contribution in [-0.4, -0.2) is 18.5 Å². The fourth-order valence-corrected chi connectivity index (χ4v) is 1.92. The molecule has 4 heteroatoms. The zero-order valence-corrected chi connectivity index (χ0v) is 9.73. The molecule has 0 aliphatic carbocycles. The molecular formula is C13H15NO3. The molecule has 1 aromatic carbocycles. The van der Waals surface area contributed by atoms with Crippen LogP contribution < -0.4 is 5.32 Å². The summed E-state index contributed by atoms with van der Waals surface area (Å²) in [7, 11) is 0. The van der Waals surface area contributed by atoms with Gasteiger partial charge < -0.3 is 10.1 Å². The number of amides is 1. The van der Waals surface area contributed by atoms with Crippen molar-refractivity contribution in [1.29, 1.82) is 0 Å². The Balaban J connectivity index is 2.06. The van der Waals surface area contributed by atoms with Crippen LogP contribution in [0.4, 0.5) is 5.69 Å². The molecule has 1 atom stereocenters. The first-order valence-electron chi connectivity index (χ1n) is 5.77. The van der Waals surface area contributed by atoms with E-state index in [0.717, 1.165) is 17.7 Å². The second-order valence-corrected chi connectivity index (χ2v) is 4.05. The third-order valence-electron chi connectivity index (χ3n) is 2.75. The molecule has 1 N–H and O–H groups in total. The predicted molar refractivity (Wildman–Crippen MR) is 63.7 cm³/mol. The average molecular weight is 233 g/mol. The van der Waals surface area contributed by atoms with Gasteiger partial charge in [0.1, 0.15) is 0 Å². The van der Waals surface area contributed by atoms with Gasteiger partial charge >= 0.3 is 5.97 Å². The number of anilines is 1. The molecule has 1 aromatic rings. The molecular weight excluding hydrogens is 218 g/mol. The van der Waals surface area contributed by atoms with Crippen molar-refractivity contribution in [3.63, 3.8) is 0 Å². The molecule has 0 radical (unpaired) electrons. The van der Waals surface area contributed by atoms with E-state index in [-0.39, 0.29) is 18.3 Å². The van der Waals surface area contributed by atoms with E-state index in [0.29, 0.717) is 6.61 Å². The van der Waals surface area contributed by atoms with Crippen molar-refractivity contribution in [2.75, 3.05) is 11.9 Å². The van der Waals surface area contributed by atoms with Crippen molar-refractivity contribution < 1.29 is 14.3 Å². The van der Waals surface area contributed by atoms with Crippen LogP contribution in [0.3, 0.4) is 0 Å². The zero-order valence-electron chi connectivity index (χ0n) is 9.73. The Morgan fingerprint density at radius 2 is 2.18 bits per heavy atom. The fraction of sp³-hybridized carbons (Fsp3) is 0.385. The second-order valence-electron chi connectivity index (χ2n) is 4.05. The minimum atomic E-state index is -0.407.